The van der Waals surface area contributed by atoms with Gasteiger partial charge in [0.2, 0.25) is 0 Å². The van der Waals surface area contributed by atoms with Crippen molar-refractivity contribution in [3.63, 3.8) is 0 Å². The van der Waals surface area contributed by atoms with E-state index >= 15 is 0 Å². The largest absolute Gasteiger partial charge is 0.477 e. The average Bonchev–Trinajstić information content (AvgIpc) is 2.35. The van der Waals surface area contributed by atoms with Crippen LogP contribution in [-0.2, 0) is 6.54 Å². The van der Waals surface area contributed by atoms with Gasteiger partial charge >= 0.3 is 5.56 Å². The van der Waals surface area contributed by atoms with Crippen molar-refractivity contribution in [3.05, 3.63) is 57.6 Å². The summed E-state index contributed by atoms with van der Waals surface area (Å²) in [7, 11) is 1.43. The normalized spacial score (nSPS) is 10.2. The van der Waals surface area contributed by atoms with Gasteiger partial charge in [-0.3, -0.25) is 4.79 Å². The number of aromatic nitrogens is 2. The zero-order valence-electron chi connectivity index (χ0n) is 9.26. The minimum atomic E-state index is -0.245. The molecule has 0 N–H and O–H groups in total. The van der Waals surface area contributed by atoms with Crippen molar-refractivity contribution in [1.82, 2.24) is 9.55 Å². The summed E-state index contributed by atoms with van der Waals surface area (Å²) in [6.07, 6.45) is 3.16. The minimum absolute atomic E-state index is 0.0986. The van der Waals surface area contributed by atoms with Crippen LogP contribution in [0.3, 0.4) is 0 Å². The van der Waals surface area contributed by atoms with Crippen LogP contribution in [0.15, 0.2) is 41.5 Å². The van der Waals surface area contributed by atoms with E-state index < -0.39 is 0 Å². The molecule has 4 nitrogen and oxygen atoms in total. The Morgan fingerprint density at radius 2 is 2.06 bits per heavy atom. The highest BCUT2D eigenvalue weighted by atomic mass is 35.5. The van der Waals surface area contributed by atoms with Crippen LogP contribution in [0.25, 0.3) is 0 Å². The maximum absolute atomic E-state index is 11.8. The van der Waals surface area contributed by atoms with Gasteiger partial charge in [0.1, 0.15) is 0 Å². The highest BCUT2D eigenvalue weighted by Crippen LogP contribution is 2.10. The number of hydrogen-bond acceptors (Lipinski definition) is 3. The molecular weight excluding hydrogens is 240 g/mol. The summed E-state index contributed by atoms with van der Waals surface area (Å²) in [5.41, 5.74) is 0.745. The topological polar surface area (TPSA) is 44.1 Å². The Morgan fingerprint density at radius 3 is 2.71 bits per heavy atom. The Morgan fingerprint density at radius 1 is 1.35 bits per heavy atom. The Hall–Kier alpha value is -1.81. The van der Waals surface area contributed by atoms with Crippen LogP contribution >= 0.6 is 11.6 Å². The number of halogens is 1. The lowest BCUT2D eigenvalue weighted by molar-refractivity contribution is 0.385. The van der Waals surface area contributed by atoms with Crippen molar-refractivity contribution in [2.75, 3.05) is 7.11 Å². The van der Waals surface area contributed by atoms with Crippen LogP contribution in [0.1, 0.15) is 5.56 Å². The number of nitrogens with zero attached hydrogens (tertiary/aromatic N) is 2. The number of hydrogen-bond donors (Lipinski definition) is 0. The number of ether oxygens (including phenoxy) is 1. The second kappa shape index (κ2) is 5.01. The molecule has 17 heavy (non-hydrogen) atoms. The van der Waals surface area contributed by atoms with E-state index in [0.717, 1.165) is 5.56 Å². The van der Waals surface area contributed by atoms with E-state index in [4.69, 9.17) is 16.3 Å². The fourth-order valence-corrected chi connectivity index (χ4v) is 1.60. The standard InChI is InChI=1S/C12H11ClN2O2/c1-17-11-12(16)15(7-6-14-11)8-9-2-4-10(13)5-3-9/h2-7H,8H2,1H3. The van der Waals surface area contributed by atoms with E-state index in [1.807, 2.05) is 12.1 Å². The Kier molecular flexibility index (Phi) is 3.44. The summed E-state index contributed by atoms with van der Waals surface area (Å²) in [6.45, 7) is 0.467. The molecule has 1 aromatic carbocycles. The third-order valence-electron chi connectivity index (χ3n) is 2.34. The fourth-order valence-electron chi connectivity index (χ4n) is 1.48. The highest BCUT2D eigenvalue weighted by Gasteiger charge is 2.04. The zero-order chi connectivity index (χ0) is 12.3. The van der Waals surface area contributed by atoms with E-state index in [1.54, 1.807) is 18.3 Å². The lowest BCUT2D eigenvalue weighted by Crippen LogP contribution is -2.22. The number of benzene rings is 1. The van der Waals surface area contributed by atoms with Crippen LogP contribution in [0.2, 0.25) is 5.02 Å². The summed E-state index contributed by atoms with van der Waals surface area (Å²) in [5.74, 6) is 0.0986. The van der Waals surface area contributed by atoms with Crippen molar-refractivity contribution >= 4 is 11.6 Å². The molecule has 0 saturated heterocycles. The maximum atomic E-state index is 11.8. The Labute approximate surface area is 103 Å². The van der Waals surface area contributed by atoms with Crippen molar-refractivity contribution in [2.45, 2.75) is 6.54 Å². The first-order chi connectivity index (χ1) is 8.20. The molecular formula is C12H11ClN2O2. The van der Waals surface area contributed by atoms with E-state index in [0.29, 0.717) is 11.6 Å². The zero-order valence-corrected chi connectivity index (χ0v) is 10.0. The molecule has 0 unspecified atom stereocenters. The quantitative estimate of drug-likeness (QED) is 0.836. The second-order valence-corrected chi connectivity index (χ2v) is 3.93. The molecule has 0 atom stereocenters. The third-order valence-corrected chi connectivity index (χ3v) is 2.59. The van der Waals surface area contributed by atoms with Gasteiger partial charge in [-0.05, 0) is 17.7 Å². The molecule has 2 aromatic rings. The number of methoxy groups -OCH3 is 1. The van der Waals surface area contributed by atoms with Crippen LogP contribution in [0.4, 0.5) is 0 Å². The third kappa shape index (κ3) is 2.65. The Balaban J connectivity index is 2.30. The molecule has 0 aliphatic rings. The predicted octanol–water partition coefficient (Wildman–Crippen LogP) is 1.95. The highest BCUT2D eigenvalue weighted by molar-refractivity contribution is 6.30. The van der Waals surface area contributed by atoms with Gasteiger partial charge in [0.05, 0.1) is 13.7 Å². The first kappa shape index (κ1) is 11.7. The molecule has 0 aliphatic carbocycles. The summed E-state index contributed by atoms with van der Waals surface area (Å²) >= 11 is 5.80. The molecule has 0 amide bonds. The van der Waals surface area contributed by atoms with Gasteiger partial charge in [-0.25, -0.2) is 4.98 Å². The molecule has 5 heteroatoms. The van der Waals surface area contributed by atoms with Crippen molar-refractivity contribution < 1.29 is 4.74 Å². The summed E-state index contributed by atoms with van der Waals surface area (Å²) < 4.78 is 6.41. The molecule has 0 spiro atoms. The first-order valence-corrected chi connectivity index (χ1v) is 5.42. The molecule has 0 radical (unpaired) electrons. The van der Waals surface area contributed by atoms with Crippen molar-refractivity contribution in [2.24, 2.45) is 0 Å². The van der Waals surface area contributed by atoms with Gasteiger partial charge in [0, 0.05) is 17.4 Å². The number of rotatable bonds is 3. The Bertz CT molecular complexity index is 563. The average molecular weight is 251 g/mol. The monoisotopic (exact) mass is 250 g/mol. The molecule has 0 fully saturated rings. The van der Waals surface area contributed by atoms with Gasteiger partial charge < -0.3 is 9.30 Å². The molecule has 1 heterocycles. The fraction of sp³-hybridized carbons (Fsp3) is 0.167. The molecule has 0 saturated carbocycles. The molecule has 2 rings (SSSR count). The van der Waals surface area contributed by atoms with Gasteiger partial charge in [-0.15, -0.1) is 0 Å². The lowest BCUT2D eigenvalue weighted by atomic mass is 10.2. The summed E-state index contributed by atoms with van der Waals surface area (Å²) in [5, 5.41) is 0.674. The molecule has 1 aromatic heterocycles. The van der Waals surface area contributed by atoms with Crippen LogP contribution in [0, 0.1) is 0 Å². The van der Waals surface area contributed by atoms with Crippen LogP contribution < -0.4 is 10.3 Å². The van der Waals surface area contributed by atoms with Crippen molar-refractivity contribution in [3.8, 4) is 5.88 Å². The van der Waals surface area contributed by atoms with E-state index in [2.05, 4.69) is 4.98 Å². The van der Waals surface area contributed by atoms with Crippen molar-refractivity contribution in [1.29, 1.82) is 0 Å². The van der Waals surface area contributed by atoms with Gasteiger partial charge in [-0.1, -0.05) is 23.7 Å². The molecule has 88 valence electrons. The van der Waals surface area contributed by atoms with Gasteiger partial charge in [0.15, 0.2) is 0 Å². The first-order valence-electron chi connectivity index (χ1n) is 5.04. The van der Waals surface area contributed by atoms with E-state index in [9.17, 15) is 4.79 Å². The van der Waals surface area contributed by atoms with E-state index in [1.165, 1.54) is 17.9 Å². The van der Waals surface area contributed by atoms with Gasteiger partial charge in [-0.2, -0.15) is 0 Å². The minimum Gasteiger partial charge on any atom is -0.477 e. The summed E-state index contributed by atoms with van der Waals surface area (Å²) in [4.78, 5) is 15.7. The van der Waals surface area contributed by atoms with Crippen LogP contribution in [-0.4, -0.2) is 16.7 Å². The lowest BCUT2D eigenvalue weighted by Gasteiger charge is -2.06. The van der Waals surface area contributed by atoms with Gasteiger partial charge in [0.25, 0.3) is 5.88 Å². The van der Waals surface area contributed by atoms with Crippen LogP contribution in [0.5, 0.6) is 5.88 Å². The second-order valence-electron chi connectivity index (χ2n) is 3.50. The predicted molar refractivity (Wildman–Crippen MR) is 65.6 cm³/mol. The summed E-state index contributed by atoms with van der Waals surface area (Å²) in [6, 6.07) is 7.34. The maximum Gasteiger partial charge on any atom is 0.313 e. The van der Waals surface area contributed by atoms with E-state index in [-0.39, 0.29) is 11.4 Å². The molecule has 0 bridgehead atoms. The smallest absolute Gasteiger partial charge is 0.313 e. The SMILES string of the molecule is COc1nccn(Cc2ccc(Cl)cc2)c1=O. The molecule has 0 aliphatic heterocycles.